The average molecular weight is 565 g/mol. The molecule has 0 aromatic rings. The van der Waals surface area contributed by atoms with Crippen molar-refractivity contribution in [2.24, 2.45) is 0 Å². The molecule has 0 saturated heterocycles. The normalized spacial score (nSPS) is 14.5. The number of rotatable bonds is 29. The van der Waals surface area contributed by atoms with Gasteiger partial charge in [-0.25, -0.2) is 0 Å². The molecule has 0 aliphatic carbocycles. The molecule has 228 valence electrons. The van der Waals surface area contributed by atoms with Gasteiger partial charge in [-0.05, 0) is 13.3 Å². The number of Topliss-reactive ketones (excluding diaryl/α,β-unsaturated/α-hetero) is 1. The van der Waals surface area contributed by atoms with E-state index in [0.29, 0.717) is 17.6 Å². The summed E-state index contributed by atoms with van der Waals surface area (Å²) in [5, 5.41) is 2.92. The number of carbonyl (C=O) groups is 1. The van der Waals surface area contributed by atoms with E-state index in [1.807, 2.05) is 21.1 Å². The zero-order valence-electron chi connectivity index (χ0n) is 25.5. The lowest BCUT2D eigenvalue weighted by molar-refractivity contribution is -0.870. The van der Waals surface area contributed by atoms with Crippen LogP contribution in [0.3, 0.4) is 0 Å². The molecule has 9 heteroatoms. The van der Waals surface area contributed by atoms with Crippen LogP contribution in [0, 0.1) is 0 Å². The zero-order chi connectivity index (χ0) is 28.5. The smallest absolute Gasteiger partial charge is 0.268 e. The van der Waals surface area contributed by atoms with E-state index < -0.39 is 13.9 Å². The third-order valence-corrected chi connectivity index (χ3v) is 7.54. The van der Waals surface area contributed by atoms with Crippen LogP contribution in [-0.4, -0.2) is 77.0 Å². The molecule has 0 aliphatic rings. The largest absolute Gasteiger partial charge is 0.756 e. The Balaban J connectivity index is 3.85. The van der Waals surface area contributed by atoms with Crippen LogP contribution in [0.15, 0.2) is 0 Å². The minimum atomic E-state index is -4.46. The maximum absolute atomic E-state index is 12.2. The second kappa shape index (κ2) is 24.5. The molecule has 0 spiro atoms. The molecule has 38 heavy (non-hydrogen) atoms. The van der Waals surface area contributed by atoms with Gasteiger partial charge < -0.3 is 28.5 Å². The highest BCUT2D eigenvalue weighted by atomic mass is 31.2. The number of phosphoric acid groups is 1. The lowest BCUT2D eigenvalue weighted by Gasteiger charge is -2.30. The summed E-state index contributed by atoms with van der Waals surface area (Å²) in [4.78, 5) is 23.4. The second-order valence-electron chi connectivity index (χ2n) is 11.7. The molecule has 0 rings (SSSR count). The van der Waals surface area contributed by atoms with Crippen LogP contribution in [-0.2, 0) is 23.1 Å². The maximum Gasteiger partial charge on any atom is 0.268 e. The van der Waals surface area contributed by atoms with Gasteiger partial charge in [-0.3, -0.25) is 9.36 Å². The van der Waals surface area contributed by atoms with Crippen molar-refractivity contribution in [3.05, 3.63) is 0 Å². The topological polar surface area (TPSA) is 96.9 Å². The molecule has 0 bridgehead atoms. The number of hydrogen-bond donors (Lipinski definition) is 1. The van der Waals surface area contributed by atoms with Gasteiger partial charge in [0.1, 0.15) is 25.0 Å². The summed E-state index contributed by atoms with van der Waals surface area (Å²) >= 11 is 0. The Labute approximate surface area is 234 Å². The van der Waals surface area contributed by atoms with E-state index in [1.54, 1.807) is 0 Å². The van der Waals surface area contributed by atoms with Gasteiger partial charge >= 0.3 is 0 Å². The molecule has 0 aromatic carbocycles. The maximum atomic E-state index is 12.2. The second-order valence-corrected chi connectivity index (χ2v) is 13.1. The molecule has 2 atom stereocenters. The van der Waals surface area contributed by atoms with Crippen LogP contribution >= 0.6 is 7.82 Å². The van der Waals surface area contributed by atoms with Crippen LogP contribution in [0.4, 0.5) is 0 Å². The Bertz CT molecular complexity index is 600. The molecule has 0 heterocycles. The summed E-state index contributed by atoms with van der Waals surface area (Å²) < 4.78 is 28.8. The van der Waals surface area contributed by atoms with Crippen molar-refractivity contribution in [3.63, 3.8) is 0 Å². The summed E-state index contributed by atoms with van der Waals surface area (Å²) in [5.41, 5.74) is 0. The van der Waals surface area contributed by atoms with E-state index in [4.69, 9.17) is 13.8 Å². The predicted octanol–water partition coefficient (Wildman–Crippen LogP) is 6.02. The monoisotopic (exact) mass is 564 g/mol. The van der Waals surface area contributed by atoms with Gasteiger partial charge in [0.25, 0.3) is 7.82 Å². The number of nitrogens with one attached hydrogen (secondary N) is 1. The number of quaternary nitrogens is 1. The first-order chi connectivity index (χ1) is 18.1. The number of nitrogens with zero attached hydrogens (tertiary/aromatic N) is 1. The van der Waals surface area contributed by atoms with Crippen LogP contribution in [0.25, 0.3) is 0 Å². The molecular weight excluding hydrogens is 503 g/mol. The Morgan fingerprint density at radius 2 is 1.29 bits per heavy atom. The van der Waals surface area contributed by atoms with Gasteiger partial charge in [0.15, 0.2) is 0 Å². The lowest BCUT2D eigenvalue weighted by Crippen LogP contribution is -2.38. The number of ketones is 1. The van der Waals surface area contributed by atoms with Crippen LogP contribution in [0.2, 0.25) is 0 Å². The molecule has 0 aromatic heterocycles. The third kappa shape index (κ3) is 28.7. The fraction of sp³-hybridized carbons (Fsp3) is 0.966. The van der Waals surface area contributed by atoms with E-state index in [9.17, 15) is 14.3 Å². The molecule has 2 unspecified atom stereocenters. The number of ether oxygens (including phenoxy) is 1. The quantitative estimate of drug-likeness (QED) is 0.0674. The van der Waals surface area contributed by atoms with E-state index >= 15 is 0 Å². The molecule has 0 aliphatic heterocycles. The third-order valence-electron chi connectivity index (χ3n) is 6.48. The van der Waals surface area contributed by atoms with Crippen LogP contribution in [0.5, 0.6) is 0 Å². The van der Waals surface area contributed by atoms with E-state index in [-0.39, 0.29) is 32.1 Å². The van der Waals surface area contributed by atoms with Gasteiger partial charge in [0, 0.05) is 13.2 Å². The summed E-state index contributed by atoms with van der Waals surface area (Å²) in [5.74, 6) is -0.0256. The summed E-state index contributed by atoms with van der Waals surface area (Å²) in [7, 11) is 1.42. The van der Waals surface area contributed by atoms with E-state index in [2.05, 4.69) is 12.2 Å². The average Bonchev–Trinajstić information content (AvgIpc) is 2.81. The minimum Gasteiger partial charge on any atom is -0.756 e. The standard InChI is InChI=1S/C29H61N2O6P/c1-6-7-8-9-10-11-12-13-14-15-16-17-18-19-20-21-23-35-27-29(26-30-25-28(2)32)37-38(33,34)36-24-22-31(3,4)5/h29-30H,6-27H2,1-5H3. The SMILES string of the molecule is CCCCCCCCCCCCCCCCCCOCC(CNCC(C)=O)OP(=O)([O-])OCC[N+](C)(C)C. The first-order valence-corrected chi connectivity index (χ1v) is 16.7. The first-order valence-electron chi connectivity index (χ1n) is 15.3. The van der Waals surface area contributed by atoms with Crippen molar-refractivity contribution in [1.82, 2.24) is 5.32 Å². The molecule has 0 radical (unpaired) electrons. The van der Waals surface area contributed by atoms with E-state index in [1.165, 1.54) is 96.8 Å². The van der Waals surface area contributed by atoms with Gasteiger partial charge in [0.05, 0.1) is 34.3 Å². The molecular formula is C29H61N2O6P. The Hall–Kier alpha value is -0.340. The fourth-order valence-electron chi connectivity index (χ4n) is 4.14. The van der Waals surface area contributed by atoms with Gasteiger partial charge in [-0.15, -0.1) is 0 Å². The van der Waals surface area contributed by atoms with Crippen molar-refractivity contribution in [2.75, 3.05) is 60.6 Å². The predicted molar refractivity (Wildman–Crippen MR) is 155 cm³/mol. The summed E-state index contributed by atoms with van der Waals surface area (Å²) in [6.07, 6.45) is 20.4. The highest BCUT2D eigenvalue weighted by Crippen LogP contribution is 2.39. The fourth-order valence-corrected chi connectivity index (χ4v) is 5.01. The van der Waals surface area contributed by atoms with Gasteiger partial charge in [-0.2, -0.15) is 0 Å². The molecule has 1 N–H and O–H groups in total. The number of carbonyl (C=O) groups excluding carboxylic acids is 1. The van der Waals surface area contributed by atoms with Gasteiger partial charge in [-0.1, -0.05) is 103 Å². The van der Waals surface area contributed by atoms with E-state index in [0.717, 1.165) is 12.8 Å². The van der Waals surface area contributed by atoms with Crippen molar-refractivity contribution in [3.8, 4) is 0 Å². The molecule has 0 amide bonds. The summed E-state index contributed by atoms with van der Waals surface area (Å²) in [6.45, 7) is 5.39. The molecule has 0 saturated carbocycles. The number of hydrogen-bond acceptors (Lipinski definition) is 7. The van der Waals surface area contributed by atoms with Crippen molar-refractivity contribution in [2.45, 2.75) is 123 Å². The molecule has 8 nitrogen and oxygen atoms in total. The Morgan fingerprint density at radius 3 is 1.74 bits per heavy atom. The lowest BCUT2D eigenvalue weighted by atomic mass is 10.0. The number of unbranched alkanes of at least 4 members (excludes halogenated alkanes) is 15. The Kier molecular flexibility index (Phi) is 24.2. The van der Waals surface area contributed by atoms with Crippen molar-refractivity contribution >= 4 is 13.6 Å². The first kappa shape index (κ1) is 37.7. The van der Waals surface area contributed by atoms with Crippen LogP contribution in [0.1, 0.15) is 117 Å². The number of likely N-dealkylation sites (N-methyl/N-ethyl adjacent to an activating group) is 1. The van der Waals surface area contributed by atoms with Gasteiger partial charge in [0.2, 0.25) is 0 Å². The summed E-state index contributed by atoms with van der Waals surface area (Å²) in [6, 6.07) is 0. The van der Waals surface area contributed by atoms with Crippen molar-refractivity contribution in [1.29, 1.82) is 0 Å². The van der Waals surface area contributed by atoms with Crippen LogP contribution < -0.4 is 10.2 Å². The Morgan fingerprint density at radius 1 is 0.816 bits per heavy atom. The highest BCUT2D eigenvalue weighted by Gasteiger charge is 2.20. The number of phosphoric ester groups is 1. The molecule has 0 fully saturated rings. The minimum absolute atomic E-state index is 0.0256. The zero-order valence-corrected chi connectivity index (χ0v) is 26.4. The highest BCUT2D eigenvalue weighted by molar-refractivity contribution is 7.45. The van der Waals surface area contributed by atoms with Crippen molar-refractivity contribution < 1.29 is 32.5 Å².